The van der Waals surface area contributed by atoms with Gasteiger partial charge in [-0.2, -0.15) is 0 Å². The molecule has 0 aliphatic heterocycles. The molecule has 0 aromatic heterocycles. The third kappa shape index (κ3) is 3.60. The first-order valence-electron chi connectivity index (χ1n) is 9.29. The van der Waals surface area contributed by atoms with Gasteiger partial charge >= 0.3 is 0 Å². The summed E-state index contributed by atoms with van der Waals surface area (Å²) in [5, 5.41) is 11.3. The Morgan fingerprint density at radius 3 is 2.27 bits per heavy atom. The summed E-state index contributed by atoms with van der Waals surface area (Å²) in [6.45, 7) is 1.52. The lowest BCUT2D eigenvalue weighted by atomic mass is 10.0. The van der Waals surface area contributed by atoms with Gasteiger partial charge in [-0.05, 0) is 65.2 Å². The van der Waals surface area contributed by atoms with Crippen LogP contribution in [0.1, 0.15) is 18.6 Å². The zero-order valence-electron chi connectivity index (χ0n) is 16.0. The second kappa shape index (κ2) is 7.63. The minimum absolute atomic E-state index is 0.0596. The maximum absolute atomic E-state index is 14.1. The van der Waals surface area contributed by atoms with E-state index in [1.807, 2.05) is 0 Å². The molecule has 0 fully saturated rings. The summed E-state index contributed by atoms with van der Waals surface area (Å²) >= 11 is 0. The Morgan fingerprint density at radius 1 is 0.833 bits per heavy atom. The van der Waals surface area contributed by atoms with Gasteiger partial charge in [0.05, 0.1) is 15.9 Å². The maximum atomic E-state index is 14.1. The molecule has 4 rings (SSSR count). The van der Waals surface area contributed by atoms with E-state index in [0.717, 1.165) is 11.5 Å². The van der Waals surface area contributed by atoms with Crippen LogP contribution in [0.4, 0.5) is 8.78 Å². The van der Waals surface area contributed by atoms with Crippen molar-refractivity contribution in [2.75, 3.05) is 0 Å². The third-order valence-electron chi connectivity index (χ3n) is 5.02. The Morgan fingerprint density at radius 2 is 1.53 bits per heavy atom. The lowest BCUT2D eigenvalue weighted by Crippen LogP contribution is -2.07. The van der Waals surface area contributed by atoms with Gasteiger partial charge in [0.15, 0.2) is 0 Å². The number of benzene rings is 4. The molecule has 1 unspecified atom stereocenters. The van der Waals surface area contributed by atoms with E-state index in [2.05, 4.69) is 0 Å². The van der Waals surface area contributed by atoms with E-state index in [1.165, 1.54) is 31.2 Å². The largest absolute Gasteiger partial charge is 0.389 e. The fourth-order valence-electron chi connectivity index (χ4n) is 3.48. The number of hydrogen-bond acceptors (Lipinski definition) is 3. The summed E-state index contributed by atoms with van der Waals surface area (Å²) in [7, 11) is -3.84. The van der Waals surface area contributed by atoms with E-state index in [9.17, 15) is 22.3 Å². The van der Waals surface area contributed by atoms with Gasteiger partial charge in [0.2, 0.25) is 9.84 Å². The normalized spacial score (nSPS) is 12.8. The molecule has 152 valence electrons. The van der Waals surface area contributed by atoms with E-state index in [-0.39, 0.29) is 15.4 Å². The Balaban J connectivity index is 1.80. The molecule has 4 aromatic rings. The fraction of sp³-hybridized carbons (Fsp3) is 0.0833. The minimum atomic E-state index is -3.84. The number of aliphatic hydroxyl groups excluding tert-OH is 1. The summed E-state index contributed by atoms with van der Waals surface area (Å²) in [5.41, 5.74) is 1.16. The highest BCUT2D eigenvalue weighted by Crippen LogP contribution is 2.32. The molecule has 0 radical (unpaired) electrons. The van der Waals surface area contributed by atoms with Crippen LogP contribution in [0.15, 0.2) is 88.7 Å². The van der Waals surface area contributed by atoms with Crippen molar-refractivity contribution in [1.82, 2.24) is 0 Å². The topological polar surface area (TPSA) is 54.4 Å². The average Bonchev–Trinajstić information content (AvgIpc) is 2.73. The zero-order valence-corrected chi connectivity index (χ0v) is 16.8. The predicted octanol–water partition coefficient (Wildman–Crippen LogP) is 5.67. The van der Waals surface area contributed by atoms with Crippen molar-refractivity contribution < 1.29 is 22.3 Å². The number of rotatable bonds is 4. The maximum Gasteiger partial charge on any atom is 0.206 e. The molecule has 3 nitrogen and oxygen atoms in total. The van der Waals surface area contributed by atoms with Crippen LogP contribution in [0.2, 0.25) is 0 Å². The van der Waals surface area contributed by atoms with Gasteiger partial charge in [-0.25, -0.2) is 17.2 Å². The molecule has 0 bridgehead atoms. The molecule has 30 heavy (non-hydrogen) atoms. The van der Waals surface area contributed by atoms with Gasteiger partial charge < -0.3 is 5.11 Å². The monoisotopic (exact) mass is 424 g/mol. The summed E-state index contributed by atoms with van der Waals surface area (Å²) in [4.78, 5) is 0.160. The molecule has 6 heteroatoms. The van der Waals surface area contributed by atoms with Crippen LogP contribution in [0.5, 0.6) is 0 Å². The highest BCUT2D eigenvalue weighted by atomic mass is 32.2. The number of hydrogen-bond donors (Lipinski definition) is 1. The van der Waals surface area contributed by atoms with Crippen LogP contribution in [-0.4, -0.2) is 13.5 Å². The Bertz CT molecular complexity index is 1360. The van der Waals surface area contributed by atoms with Gasteiger partial charge in [0.1, 0.15) is 11.6 Å². The molecule has 1 N–H and O–H groups in total. The third-order valence-corrected chi connectivity index (χ3v) is 6.85. The highest BCUT2D eigenvalue weighted by Gasteiger charge is 2.23. The summed E-state index contributed by atoms with van der Waals surface area (Å²) in [6.07, 6.45) is -0.926. The van der Waals surface area contributed by atoms with Crippen molar-refractivity contribution in [3.05, 3.63) is 96.1 Å². The minimum Gasteiger partial charge on any atom is -0.389 e. The molecule has 0 amide bonds. The van der Waals surface area contributed by atoms with Crippen molar-refractivity contribution in [1.29, 1.82) is 0 Å². The van der Waals surface area contributed by atoms with Crippen molar-refractivity contribution in [2.45, 2.75) is 22.8 Å². The highest BCUT2D eigenvalue weighted by molar-refractivity contribution is 7.91. The van der Waals surface area contributed by atoms with E-state index in [0.29, 0.717) is 16.5 Å². The smallest absolute Gasteiger partial charge is 0.206 e. The molecule has 0 spiro atoms. The predicted molar refractivity (Wildman–Crippen MR) is 112 cm³/mol. The Hall–Kier alpha value is -3.09. The number of fused-ring (bicyclic) bond motifs is 1. The van der Waals surface area contributed by atoms with E-state index >= 15 is 0 Å². The van der Waals surface area contributed by atoms with Crippen LogP contribution < -0.4 is 0 Å². The molecule has 1 atom stereocenters. The number of halogens is 2. The Labute approximate surface area is 173 Å². The summed E-state index contributed by atoms with van der Waals surface area (Å²) < 4.78 is 53.6. The molecule has 0 aliphatic rings. The van der Waals surface area contributed by atoms with Crippen molar-refractivity contribution in [2.24, 2.45) is 0 Å². The Kier molecular flexibility index (Phi) is 5.13. The molecule has 0 saturated heterocycles. The first-order valence-corrected chi connectivity index (χ1v) is 10.8. The SMILES string of the molecule is CC(O)c1ccccc1S(=O)(=O)c1ccc2cc(-c3ccc(F)cc3F)ccc2c1. The first-order chi connectivity index (χ1) is 14.3. The first kappa shape index (κ1) is 20.2. The lowest BCUT2D eigenvalue weighted by Gasteiger charge is -2.13. The van der Waals surface area contributed by atoms with Gasteiger partial charge in [-0.3, -0.25) is 0 Å². The van der Waals surface area contributed by atoms with Crippen molar-refractivity contribution in [3.63, 3.8) is 0 Å². The average molecular weight is 424 g/mol. The zero-order chi connectivity index (χ0) is 21.5. The quantitative estimate of drug-likeness (QED) is 0.459. The molecule has 4 aromatic carbocycles. The van der Waals surface area contributed by atoms with E-state index in [4.69, 9.17) is 0 Å². The molecule has 0 heterocycles. The number of sulfone groups is 1. The molecule has 0 saturated carbocycles. The van der Waals surface area contributed by atoms with Gasteiger partial charge in [-0.1, -0.05) is 36.4 Å². The van der Waals surface area contributed by atoms with Crippen LogP contribution >= 0.6 is 0 Å². The van der Waals surface area contributed by atoms with Gasteiger partial charge in [0, 0.05) is 11.6 Å². The van der Waals surface area contributed by atoms with Crippen LogP contribution in [-0.2, 0) is 9.84 Å². The van der Waals surface area contributed by atoms with Crippen LogP contribution in [0.3, 0.4) is 0 Å². The molecular weight excluding hydrogens is 406 g/mol. The lowest BCUT2D eigenvalue weighted by molar-refractivity contribution is 0.196. The molecule has 0 aliphatic carbocycles. The summed E-state index contributed by atoms with van der Waals surface area (Å²) in [6, 6.07) is 19.5. The van der Waals surface area contributed by atoms with E-state index in [1.54, 1.807) is 48.5 Å². The van der Waals surface area contributed by atoms with E-state index < -0.39 is 27.6 Å². The van der Waals surface area contributed by atoms with Gasteiger partial charge in [-0.15, -0.1) is 0 Å². The van der Waals surface area contributed by atoms with Crippen molar-refractivity contribution >= 4 is 20.6 Å². The van der Waals surface area contributed by atoms with Crippen molar-refractivity contribution in [3.8, 4) is 11.1 Å². The molecular formula is C24H18F2O3S. The number of aliphatic hydroxyl groups is 1. The van der Waals surface area contributed by atoms with Crippen LogP contribution in [0, 0.1) is 11.6 Å². The van der Waals surface area contributed by atoms with Gasteiger partial charge in [0.25, 0.3) is 0 Å². The second-order valence-electron chi connectivity index (χ2n) is 7.07. The fourth-order valence-corrected chi connectivity index (χ4v) is 5.07. The standard InChI is InChI=1S/C24H18F2O3S/c1-15(27)21-4-2-3-5-24(21)30(28,29)20-10-8-16-12-18(7-6-17(16)13-20)22-11-9-19(25)14-23(22)26/h2-15,27H,1H3. The second-order valence-corrected chi connectivity index (χ2v) is 8.98. The summed E-state index contributed by atoms with van der Waals surface area (Å²) in [5.74, 6) is -1.31. The van der Waals surface area contributed by atoms with Crippen LogP contribution in [0.25, 0.3) is 21.9 Å².